The van der Waals surface area contributed by atoms with Crippen LogP contribution in [-0.2, 0) is 13.2 Å². The van der Waals surface area contributed by atoms with Gasteiger partial charge in [-0.1, -0.05) is 11.3 Å². The quantitative estimate of drug-likeness (QED) is 0.357. The predicted octanol–water partition coefficient (Wildman–Crippen LogP) is 4.21. The molecule has 4 rings (SSSR count). The molecule has 0 aliphatic carbocycles. The fraction of sp³-hybridized carbons (Fsp3) is 0.308. The fourth-order valence-electron chi connectivity index (χ4n) is 3.93. The first-order valence-corrected chi connectivity index (χ1v) is 11.9. The van der Waals surface area contributed by atoms with Gasteiger partial charge in [0.25, 0.3) is 5.91 Å². The van der Waals surface area contributed by atoms with E-state index < -0.39 is 17.6 Å². The number of hydrogen-bond acceptors (Lipinski definition) is 6. The highest BCUT2D eigenvalue weighted by atomic mass is 19.4. The third kappa shape index (κ3) is 5.70. The third-order valence-electron chi connectivity index (χ3n) is 6.36. The van der Waals surface area contributed by atoms with Gasteiger partial charge in [0.2, 0.25) is 0 Å². The van der Waals surface area contributed by atoms with Crippen LogP contribution in [0.1, 0.15) is 27.2 Å². The number of alkyl halides is 3. The van der Waals surface area contributed by atoms with Crippen molar-refractivity contribution in [3.05, 3.63) is 71.2 Å². The lowest BCUT2D eigenvalue weighted by atomic mass is 10.1. The van der Waals surface area contributed by atoms with Crippen molar-refractivity contribution in [1.29, 1.82) is 0 Å². The highest BCUT2D eigenvalue weighted by molar-refractivity contribution is 6.05. The van der Waals surface area contributed by atoms with Crippen LogP contribution < -0.4 is 15.5 Å². The van der Waals surface area contributed by atoms with Crippen molar-refractivity contribution in [1.82, 2.24) is 30.1 Å². The van der Waals surface area contributed by atoms with Crippen LogP contribution in [0.4, 0.5) is 24.5 Å². The van der Waals surface area contributed by atoms with Crippen molar-refractivity contribution in [2.75, 3.05) is 37.4 Å². The molecule has 1 amide bonds. The molecular weight excluding hydrogens is 497 g/mol. The van der Waals surface area contributed by atoms with Crippen LogP contribution in [0, 0.1) is 13.8 Å². The molecule has 0 saturated heterocycles. The Balaban J connectivity index is 1.62. The normalized spacial score (nSPS) is 11.6. The molecule has 0 radical (unpaired) electrons. The Morgan fingerprint density at radius 1 is 1.13 bits per heavy atom. The first-order valence-electron chi connectivity index (χ1n) is 11.9. The van der Waals surface area contributed by atoms with Crippen LogP contribution in [-0.4, -0.2) is 57.9 Å². The van der Waals surface area contributed by atoms with Crippen LogP contribution in [0.3, 0.4) is 0 Å². The molecule has 0 bridgehead atoms. The minimum atomic E-state index is -4.56. The van der Waals surface area contributed by atoms with Gasteiger partial charge in [0.15, 0.2) is 0 Å². The van der Waals surface area contributed by atoms with Crippen molar-refractivity contribution < 1.29 is 18.0 Å². The Morgan fingerprint density at radius 3 is 2.55 bits per heavy atom. The SMILES string of the molecule is CNCCN(C)c1cc(NC(=O)c2ccc(C)c(-n3cc(-c4cnn(C)c4C)nn3)c2)cc(C(F)(F)F)c1. The molecule has 200 valence electrons. The topological polar surface area (TPSA) is 92.9 Å². The van der Waals surface area contributed by atoms with E-state index in [1.54, 1.807) is 59.0 Å². The number of likely N-dealkylation sites (N-methyl/N-ethyl adjacent to an activating group) is 2. The fourth-order valence-corrected chi connectivity index (χ4v) is 3.93. The lowest BCUT2D eigenvalue weighted by Crippen LogP contribution is -2.27. The van der Waals surface area contributed by atoms with E-state index in [4.69, 9.17) is 0 Å². The molecule has 4 aromatic rings. The largest absolute Gasteiger partial charge is 0.416 e. The number of carbonyl (C=O) groups excluding carboxylic acids is 1. The summed E-state index contributed by atoms with van der Waals surface area (Å²) in [6.07, 6.45) is -1.11. The van der Waals surface area contributed by atoms with Crippen LogP contribution in [0.15, 0.2) is 48.8 Å². The molecule has 12 heteroatoms. The smallest absolute Gasteiger partial charge is 0.373 e. The van der Waals surface area contributed by atoms with Crippen molar-refractivity contribution in [2.45, 2.75) is 20.0 Å². The van der Waals surface area contributed by atoms with E-state index in [1.165, 1.54) is 6.07 Å². The molecular formula is C26H29F3N8O. The summed E-state index contributed by atoms with van der Waals surface area (Å²) in [5.74, 6) is -0.544. The van der Waals surface area contributed by atoms with Crippen molar-refractivity contribution in [3.8, 4) is 16.9 Å². The lowest BCUT2D eigenvalue weighted by Gasteiger charge is -2.22. The van der Waals surface area contributed by atoms with E-state index in [2.05, 4.69) is 26.0 Å². The average Bonchev–Trinajstić information content (AvgIpc) is 3.48. The Hall–Kier alpha value is -4.19. The van der Waals surface area contributed by atoms with Gasteiger partial charge in [0.1, 0.15) is 5.69 Å². The monoisotopic (exact) mass is 526 g/mol. The summed E-state index contributed by atoms with van der Waals surface area (Å²) in [6.45, 7) is 4.87. The van der Waals surface area contributed by atoms with Gasteiger partial charge in [-0.15, -0.1) is 5.10 Å². The number of aryl methyl sites for hydroxylation is 2. The van der Waals surface area contributed by atoms with Crippen molar-refractivity contribution in [3.63, 3.8) is 0 Å². The van der Waals surface area contributed by atoms with Crippen molar-refractivity contribution in [2.24, 2.45) is 7.05 Å². The molecule has 9 nitrogen and oxygen atoms in total. The molecule has 2 heterocycles. The first-order chi connectivity index (χ1) is 18.0. The number of nitrogens with zero attached hydrogens (tertiary/aromatic N) is 6. The average molecular weight is 527 g/mol. The molecule has 2 aromatic carbocycles. The number of amides is 1. The van der Waals surface area contributed by atoms with Gasteiger partial charge in [-0.2, -0.15) is 18.3 Å². The zero-order valence-electron chi connectivity index (χ0n) is 21.8. The second kappa shape index (κ2) is 10.7. The second-order valence-electron chi connectivity index (χ2n) is 9.06. The number of aromatic nitrogens is 5. The van der Waals surface area contributed by atoms with Gasteiger partial charge >= 0.3 is 6.18 Å². The number of carbonyl (C=O) groups is 1. The Morgan fingerprint density at radius 2 is 1.89 bits per heavy atom. The van der Waals surface area contributed by atoms with Gasteiger partial charge in [0, 0.05) is 55.4 Å². The van der Waals surface area contributed by atoms with Gasteiger partial charge in [-0.05, 0) is 56.8 Å². The van der Waals surface area contributed by atoms with Crippen LogP contribution in [0.25, 0.3) is 16.9 Å². The van der Waals surface area contributed by atoms with Gasteiger partial charge in [-0.3, -0.25) is 9.48 Å². The Bertz CT molecular complexity index is 1460. The number of rotatable bonds is 8. The number of benzene rings is 2. The summed E-state index contributed by atoms with van der Waals surface area (Å²) in [7, 11) is 5.30. The van der Waals surface area contributed by atoms with Gasteiger partial charge in [-0.25, -0.2) is 4.68 Å². The number of nitrogens with one attached hydrogen (secondary N) is 2. The summed E-state index contributed by atoms with van der Waals surface area (Å²) in [5, 5.41) is 18.3. The summed E-state index contributed by atoms with van der Waals surface area (Å²) < 4.78 is 44.1. The van der Waals surface area contributed by atoms with E-state index >= 15 is 0 Å². The molecule has 0 atom stereocenters. The number of halogens is 3. The lowest BCUT2D eigenvalue weighted by molar-refractivity contribution is -0.137. The summed E-state index contributed by atoms with van der Waals surface area (Å²) >= 11 is 0. The molecule has 0 fully saturated rings. The van der Waals surface area contributed by atoms with E-state index in [1.807, 2.05) is 20.9 Å². The van der Waals surface area contributed by atoms with E-state index in [0.717, 1.165) is 29.0 Å². The Labute approximate surface area is 218 Å². The maximum Gasteiger partial charge on any atom is 0.416 e. The van der Waals surface area contributed by atoms with E-state index in [0.29, 0.717) is 30.2 Å². The minimum absolute atomic E-state index is 0.0494. The molecule has 2 N–H and O–H groups in total. The van der Waals surface area contributed by atoms with Gasteiger partial charge in [0.05, 0.1) is 23.6 Å². The molecule has 0 aliphatic rings. The first kappa shape index (κ1) is 26.9. The maximum absolute atomic E-state index is 13.6. The predicted molar refractivity (Wildman–Crippen MR) is 140 cm³/mol. The molecule has 0 saturated carbocycles. The summed E-state index contributed by atoms with van der Waals surface area (Å²) in [5.41, 5.74) is 3.68. The molecule has 38 heavy (non-hydrogen) atoms. The summed E-state index contributed by atoms with van der Waals surface area (Å²) in [6, 6.07) is 8.53. The van der Waals surface area contributed by atoms with Crippen LogP contribution >= 0.6 is 0 Å². The molecule has 2 aromatic heterocycles. The maximum atomic E-state index is 13.6. The van der Waals surface area contributed by atoms with E-state index in [9.17, 15) is 18.0 Å². The Kier molecular flexibility index (Phi) is 7.53. The highest BCUT2D eigenvalue weighted by Gasteiger charge is 2.32. The standard InChI is InChI=1S/C26H29F3N8O/c1-16-6-7-18(10-24(16)37-15-23(33-34-37)22-14-31-36(5)17(22)2)25(38)32-20-11-19(26(27,28)29)12-21(13-20)35(4)9-8-30-3/h6-7,10-15,30H,8-9H2,1-5H3,(H,32,38). The van der Waals surface area contributed by atoms with E-state index in [-0.39, 0.29) is 11.3 Å². The zero-order valence-corrected chi connectivity index (χ0v) is 21.8. The third-order valence-corrected chi connectivity index (χ3v) is 6.36. The molecule has 0 spiro atoms. The van der Waals surface area contributed by atoms with Crippen LogP contribution in [0.5, 0.6) is 0 Å². The van der Waals surface area contributed by atoms with Crippen LogP contribution in [0.2, 0.25) is 0 Å². The van der Waals surface area contributed by atoms with Gasteiger partial charge < -0.3 is 15.5 Å². The summed E-state index contributed by atoms with van der Waals surface area (Å²) in [4.78, 5) is 14.8. The second-order valence-corrected chi connectivity index (χ2v) is 9.06. The number of hydrogen-bond donors (Lipinski definition) is 2. The highest BCUT2D eigenvalue weighted by Crippen LogP contribution is 2.34. The minimum Gasteiger partial charge on any atom is -0.373 e. The molecule has 0 aliphatic heterocycles. The molecule has 0 unspecified atom stereocenters. The number of anilines is 2. The van der Waals surface area contributed by atoms with Crippen molar-refractivity contribution >= 4 is 17.3 Å². The zero-order chi connectivity index (χ0) is 27.6.